The Labute approximate surface area is 91.8 Å². The number of aliphatic hydroxyl groups excluding tert-OH is 2. The van der Waals surface area contributed by atoms with E-state index in [9.17, 15) is 9.59 Å². The Hall–Kier alpha value is -0.270. The zero-order chi connectivity index (χ0) is 8.31. The van der Waals surface area contributed by atoms with E-state index in [1.807, 2.05) is 0 Å². The van der Waals surface area contributed by atoms with Gasteiger partial charge < -0.3 is 20.4 Å². The molecule has 0 amide bonds. The lowest BCUT2D eigenvalue weighted by Crippen LogP contribution is -2.39. The van der Waals surface area contributed by atoms with Crippen LogP contribution in [-0.4, -0.2) is 44.6 Å². The lowest BCUT2D eigenvalue weighted by molar-refractivity contribution is -0.165. The smallest absolute Gasteiger partial charge is 0.335 e. The fourth-order valence-electron chi connectivity index (χ4n) is 0.270. The second-order valence-corrected chi connectivity index (χ2v) is 1.57. The van der Waals surface area contributed by atoms with Crippen LogP contribution in [0, 0.1) is 0 Å². The van der Waals surface area contributed by atoms with E-state index in [2.05, 4.69) is 0 Å². The van der Waals surface area contributed by atoms with Crippen molar-refractivity contribution in [1.82, 2.24) is 0 Å². The van der Waals surface area contributed by atoms with Gasteiger partial charge in [-0.2, -0.15) is 0 Å². The SMILES string of the molecule is Cl.Cl.Cl.O=C(O)C(O)C(O)C(=O)O. The summed E-state index contributed by atoms with van der Waals surface area (Å²) in [6, 6.07) is 0. The van der Waals surface area contributed by atoms with Gasteiger partial charge in [0.05, 0.1) is 0 Å². The van der Waals surface area contributed by atoms with Gasteiger partial charge in [-0.3, -0.25) is 0 Å². The second-order valence-electron chi connectivity index (χ2n) is 1.57. The lowest BCUT2D eigenvalue weighted by atomic mass is 10.2. The highest BCUT2D eigenvalue weighted by Crippen LogP contribution is 1.92. The number of hydrogen-bond acceptors (Lipinski definition) is 4. The van der Waals surface area contributed by atoms with E-state index in [0.29, 0.717) is 0 Å². The number of hydrogen-bond donors (Lipinski definition) is 4. The van der Waals surface area contributed by atoms with Crippen LogP contribution in [0.1, 0.15) is 0 Å². The molecule has 2 atom stereocenters. The summed E-state index contributed by atoms with van der Waals surface area (Å²) in [5.74, 6) is -3.54. The Morgan fingerprint density at radius 1 is 0.769 bits per heavy atom. The first-order valence-electron chi connectivity index (χ1n) is 2.28. The molecule has 0 aromatic carbocycles. The van der Waals surface area contributed by atoms with E-state index in [-0.39, 0.29) is 37.2 Å². The molecule has 0 aromatic rings. The molecule has 0 aromatic heterocycles. The maximum absolute atomic E-state index is 9.77. The highest BCUT2D eigenvalue weighted by molar-refractivity contribution is 5.86. The van der Waals surface area contributed by atoms with Gasteiger partial charge in [0.25, 0.3) is 0 Å². The Kier molecular flexibility index (Phi) is 17.4. The van der Waals surface area contributed by atoms with E-state index in [4.69, 9.17) is 20.4 Å². The third-order valence-corrected chi connectivity index (χ3v) is 0.805. The summed E-state index contributed by atoms with van der Waals surface area (Å²) in [6.07, 6.45) is -4.53. The molecule has 0 radical (unpaired) electrons. The standard InChI is InChI=1S/C4H6O6.3ClH/c5-1(3(7)8)2(6)4(9)10;;;/h1-2,5-6H,(H,7,8)(H,9,10);3*1H. The van der Waals surface area contributed by atoms with Gasteiger partial charge in [-0.05, 0) is 0 Å². The summed E-state index contributed by atoms with van der Waals surface area (Å²) >= 11 is 0. The molecule has 13 heavy (non-hydrogen) atoms. The molecule has 2 unspecified atom stereocenters. The number of rotatable bonds is 3. The van der Waals surface area contributed by atoms with Gasteiger partial charge in [0.15, 0.2) is 12.2 Å². The van der Waals surface area contributed by atoms with Crippen molar-refractivity contribution in [1.29, 1.82) is 0 Å². The highest BCUT2D eigenvalue weighted by Gasteiger charge is 2.29. The molecular formula is C4H9Cl3O6. The van der Waals surface area contributed by atoms with Gasteiger partial charge in [-0.1, -0.05) is 0 Å². The minimum absolute atomic E-state index is 0. The quantitative estimate of drug-likeness (QED) is 0.524. The van der Waals surface area contributed by atoms with Crippen molar-refractivity contribution in [3.8, 4) is 0 Å². The number of carboxylic acid groups (broad SMARTS) is 2. The van der Waals surface area contributed by atoms with Crippen LogP contribution in [0.2, 0.25) is 0 Å². The number of carbonyl (C=O) groups is 2. The molecule has 4 N–H and O–H groups in total. The van der Waals surface area contributed by atoms with E-state index in [1.165, 1.54) is 0 Å². The maximum atomic E-state index is 9.77. The van der Waals surface area contributed by atoms with Crippen molar-refractivity contribution in [2.45, 2.75) is 12.2 Å². The molecule has 0 aliphatic rings. The van der Waals surface area contributed by atoms with Crippen LogP contribution >= 0.6 is 37.2 Å². The van der Waals surface area contributed by atoms with Crippen molar-refractivity contribution in [2.75, 3.05) is 0 Å². The molecule has 0 saturated heterocycles. The highest BCUT2D eigenvalue weighted by atomic mass is 35.5. The molecule has 0 heterocycles. The fraction of sp³-hybridized carbons (Fsp3) is 0.500. The Bertz CT molecular complexity index is 144. The summed E-state index contributed by atoms with van der Waals surface area (Å²) in [7, 11) is 0. The van der Waals surface area contributed by atoms with Crippen LogP contribution < -0.4 is 0 Å². The van der Waals surface area contributed by atoms with E-state index in [1.54, 1.807) is 0 Å². The fourth-order valence-corrected chi connectivity index (χ4v) is 0.270. The number of aliphatic hydroxyl groups is 2. The van der Waals surface area contributed by atoms with Crippen molar-refractivity contribution < 1.29 is 30.0 Å². The zero-order valence-electron chi connectivity index (χ0n) is 5.98. The molecule has 0 spiro atoms. The van der Waals surface area contributed by atoms with Gasteiger partial charge in [0.2, 0.25) is 0 Å². The van der Waals surface area contributed by atoms with Crippen LogP contribution in [0.3, 0.4) is 0 Å². The average molecular weight is 259 g/mol. The first-order valence-corrected chi connectivity index (χ1v) is 2.28. The van der Waals surface area contributed by atoms with Crippen LogP contribution in [0.25, 0.3) is 0 Å². The van der Waals surface area contributed by atoms with Crippen LogP contribution in [0.4, 0.5) is 0 Å². The average Bonchev–Trinajstić information content (AvgIpc) is 1.84. The predicted molar refractivity (Wildman–Crippen MR) is 49.0 cm³/mol. The van der Waals surface area contributed by atoms with Crippen molar-refractivity contribution in [3.63, 3.8) is 0 Å². The summed E-state index contributed by atoms with van der Waals surface area (Å²) < 4.78 is 0. The maximum Gasteiger partial charge on any atom is 0.335 e. The minimum atomic E-state index is -2.27. The molecule has 6 nitrogen and oxygen atoms in total. The molecule has 0 rings (SSSR count). The first-order chi connectivity index (χ1) is 4.46. The Balaban J connectivity index is -0.000000135. The molecule has 0 aliphatic heterocycles. The van der Waals surface area contributed by atoms with Gasteiger partial charge >= 0.3 is 11.9 Å². The first kappa shape index (κ1) is 23.0. The molecule has 82 valence electrons. The summed E-state index contributed by atoms with van der Waals surface area (Å²) in [5, 5.41) is 32.5. The number of aliphatic carboxylic acids is 2. The van der Waals surface area contributed by atoms with Gasteiger partial charge in [-0.15, -0.1) is 37.2 Å². The monoisotopic (exact) mass is 258 g/mol. The third kappa shape index (κ3) is 8.07. The Morgan fingerprint density at radius 2 is 0.923 bits per heavy atom. The Morgan fingerprint density at radius 3 is 1.00 bits per heavy atom. The molecule has 0 fully saturated rings. The normalized spacial score (nSPS) is 12.2. The topological polar surface area (TPSA) is 115 Å². The molecule has 0 aliphatic carbocycles. The summed E-state index contributed by atoms with van der Waals surface area (Å²) in [4.78, 5) is 19.5. The van der Waals surface area contributed by atoms with Crippen LogP contribution in [0.15, 0.2) is 0 Å². The van der Waals surface area contributed by atoms with Crippen LogP contribution in [0.5, 0.6) is 0 Å². The van der Waals surface area contributed by atoms with Crippen molar-refractivity contribution in [2.24, 2.45) is 0 Å². The lowest BCUT2D eigenvalue weighted by Gasteiger charge is -2.07. The van der Waals surface area contributed by atoms with Gasteiger partial charge in [-0.25, -0.2) is 9.59 Å². The molecule has 9 heteroatoms. The summed E-state index contributed by atoms with van der Waals surface area (Å²) in [5.41, 5.74) is 0. The van der Waals surface area contributed by atoms with E-state index in [0.717, 1.165) is 0 Å². The second kappa shape index (κ2) is 9.82. The van der Waals surface area contributed by atoms with E-state index < -0.39 is 24.1 Å². The largest absolute Gasteiger partial charge is 0.479 e. The van der Waals surface area contributed by atoms with E-state index >= 15 is 0 Å². The van der Waals surface area contributed by atoms with Gasteiger partial charge in [0.1, 0.15) is 0 Å². The third-order valence-electron chi connectivity index (χ3n) is 0.805. The molecule has 0 saturated carbocycles. The number of halogens is 3. The zero-order valence-corrected chi connectivity index (χ0v) is 8.43. The molecule has 0 bridgehead atoms. The summed E-state index contributed by atoms with van der Waals surface area (Å²) in [6.45, 7) is 0. The predicted octanol–water partition coefficient (Wildman–Crippen LogP) is -0.857. The van der Waals surface area contributed by atoms with Gasteiger partial charge in [0, 0.05) is 0 Å². The molecular weight excluding hydrogens is 250 g/mol. The van der Waals surface area contributed by atoms with Crippen LogP contribution in [-0.2, 0) is 9.59 Å². The van der Waals surface area contributed by atoms with Crippen molar-refractivity contribution in [3.05, 3.63) is 0 Å². The minimum Gasteiger partial charge on any atom is -0.479 e. The number of carboxylic acids is 2. The van der Waals surface area contributed by atoms with Crippen molar-refractivity contribution >= 4 is 49.2 Å².